The smallest absolute Gasteiger partial charge is 0.121 e. The first-order chi connectivity index (χ1) is 12.6. The number of aromatic hydroxyl groups is 1. The van der Waals surface area contributed by atoms with E-state index in [1.165, 1.54) is 17.2 Å². The number of rotatable bonds is 7. The molecular formula is C21H29NO4S. The van der Waals surface area contributed by atoms with Crippen LogP contribution in [0.2, 0.25) is 0 Å². The van der Waals surface area contributed by atoms with Crippen LogP contribution in [0, 0.1) is 0 Å². The first kappa shape index (κ1) is 21.6. The second-order valence-corrected chi connectivity index (χ2v) is 6.77. The Bertz CT molecular complexity index is 753. The summed E-state index contributed by atoms with van der Waals surface area (Å²) < 4.78 is 5.59. The van der Waals surface area contributed by atoms with Gasteiger partial charge in [0.2, 0.25) is 0 Å². The summed E-state index contributed by atoms with van der Waals surface area (Å²) in [5.74, 6) is 0.956. The number of aliphatic hydroxyl groups is 2. The van der Waals surface area contributed by atoms with E-state index in [1.807, 2.05) is 13.0 Å². The molecule has 2 aromatic carbocycles. The van der Waals surface area contributed by atoms with Crippen molar-refractivity contribution >= 4 is 13.5 Å². The average Bonchev–Trinajstić information content (AvgIpc) is 2.66. The zero-order valence-corrected chi connectivity index (χ0v) is 16.6. The highest BCUT2D eigenvalue weighted by Crippen LogP contribution is 2.27. The minimum atomic E-state index is -0.683. The first-order valence-electron chi connectivity index (χ1n) is 9.19. The van der Waals surface area contributed by atoms with E-state index in [9.17, 15) is 15.3 Å². The second kappa shape index (κ2) is 9.99. The quantitative estimate of drug-likeness (QED) is 0.583. The number of nitrogens with one attached hydrogen (secondary N) is 1. The van der Waals surface area contributed by atoms with Gasteiger partial charge in [0.15, 0.2) is 0 Å². The highest BCUT2D eigenvalue weighted by Gasteiger charge is 2.20. The Hall–Kier alpha value is -1.73. The molecule has 0 saturated heterocycles. The zero-order chi connectivity index (χ0) is 18.5. The van der Waals surface area contributed by atoms with E-state index in [0.29, 0.717) is 30.3 Å². The van der Waals surface area contributed by atoms with Crippen molar-refractivity contribution in [3.63, 3.8) is 0 Å². The fourth-order valence-corrected chi connectivity index (χ4v) is 3.50. The van der Waals surface area contributed by atoms with Crippen LogP contribution >= 0.6 is 13.5 Å². The Morgan fingerprint density at radius 2 is 2.00 bits per heavy atom. The van der Waals surface area contributed by atoms with Crippen molar-refractivity contribution in [2.24, 2.45) is 0 Å². The van der Waals surface area contributed by atoms with Crippen molar-refractivity contribution in [2.75, 3.05) is 13.2 Å². The van der Waals surface area contributed by atoms with Gasteiger partial charge in [0.25, 0.3) is 0 Å². The molecule has 0 saturated carbocycles. The molecule has 5 nitrogen and oxygen atoms in total. The molecular weight excluding hydrogens is 362 g/mol. The largest absolute Gasteiger partial charge is 0.508 e. The van der Waals surface area contributed by atoms with Crippen molar-refractivity contribution in [2.45, 2.75) is 44.9 Å². The van der Waals surface area contributed by atoms with Gasteiger partial charge in [0.05, 0.1) is 19.3 Å². The van der Waals surface area contributed by atoms with Gasteiger partial charge in [-0.2, -0.15) is 13.5 Å². The Morgan fingerprint density at radius 3 is 2.74 bits per heavy atom. The average molecular weight is 392 g/mol. The summed E-state index contributed by atoms with van der Waals surface area (Å²) in [5, 5.41) is 32.8. The van der Waals surface area contributed by atoms with E-state index in [2.05, 4.69) is 17.4 Å². The van der Waals surface area contributed by atoms with Crippen molar-refractivity contribution in [3.05, 3.63) is 58.7 Å². The minimum absolute atomic E-state index is 0. The number of aryl methyl sites for hydroxylation is 1. The van der Waals surface area contributed by atoms with Crippen LogP contribution in [0.4, 0.5) is 0 Å². The number of hydrogen-bond donors (Lipinski definition) is 4. The SMILES string of the molecule is CCOc1ccc2c(c1)CC(NCC(O)c1ccc(O)c(CO)c1)CC2.S. The summed E-state index contributed by atoms with van der Waals surface area (Å²) in [6.45, 7) is 2.83. The number of aliphatic hydroxyl groups excluding tert-OH is 2. The number of phenols is 1. The molecule has 3 rings (SSSR count). The van der Waals surface area contributed by atoms with E-state index >= 15 is 0 Å². The molecule has 6 heteroatoms. The van der Waals surface area contributed by atoms with Crippen LogP contribution in [0.5, 0.6) is 11.5 Å². The van der Waals surface area contributed by atoms with Crippen molar-refractivity contribution in [1.29, 1.82) is 0 Å². The standard InChI is InChI=1S/C21H27NO4.H2S/c1-2-26-19-7-4-14-3-6-18(10-16(14)11-19)22-12-21(25)15-5-8-20(24)17(9-15)13-23;/h4-5,7-9,11,18,21-25H,2-3,6,10,12-13H2,1H3;1H2. The van der Waals surface area contributed by atoms with Gasteiger partial charge in [-0.15, -0.1) is 0 Å². The summed E-state index contributed by atoms with van der Waals surface area (Å²) in [7, 11) is 0. The molecule has 4 N–H and O–H groups in total. The van der Waals surface area contributed by atoms with Crippen LogP contribution < -0.4 is 10.1 Å². The predicted molar refractivity (Wildman–Crippen MR) is 111 cm³/mol. The highest BCUT2D eigenvalue weighted by molar-refractivity contribution is 7.59. The van der Waals surface area contributed by atoms with Crippen LogP contribution in [0.25, 0.3) is 0 Å². The fraction of sp³-hybridized carbons (Fsp3) is 0.429. The molecule has 0 radical (unpaired) electrons. The summed E-state index contributed by atoms with van der Waals surface area (Å²) in [6, 6.07) is 11.5. The Morgan fingerprint density at radius 1 is 1.19 bits per heavy atom. The number of hydrogen-bond acceptors (Lipinski definition) is 5. The third-order valence-electron chi connectivity index (χ3n) is 4.98. The predicted octanol–water partition coefficient (Wildman–Crippen LogP) is 2.58. The summed E-state index contributed by atoms with van der Waals surface area (Å²) in [4.78, 5) is 0. The lowest BCUT2D eigenvalue weighted by Crippen LogP contribution is -2.37. The molecule has 2 atom stereocenters. The van der Waals surface area contributed by atoms with Crippen LogP contribution in [0.3, 0.4) is 0 Å². The van der Waals surface area contributed by atoms with Crippen molar-refractivity contribution in [1.82, 2.24) is 5.32 Å². The molecule has 2 unspecified atom stereocenters. The lowest BCUT2D eigenvalue weighted by atomic mass is 9.88. The van der Waals surface area contributed by atoms with Gasteiger partial charge in [-0.1, -0.05) is 12.1 Å². The van der Waals surface area contributed by atoms with Crippen molar-refractivity contribution < 1.29 is 20.1 Å². The number of ether oxygens (including phenoxy) is 1. The van der Waals surface area contributed by atoms with Crippen LogP contribution in [0.1, 0.15) is 41.7 Å². The molecule has 0 fully saturated rings. The van der Waals surface area contributed by atoms with Crippen LogP contribution in [0.15, 0.2) is 36.4 Å². The highest BCUT2D eigenvalue weighted by atomic mass is 32.1. The van der Waals surface area contributed by atoms with E-state index in [-0.39, 0.29) is 25.9 Å². The molecule has 0 amide bonds. The van der Waals surface area contributed by atoms with E-state index in [0.717, 1.165) is 25.0 Å². The lowest BCUT2D eigenvalue weighted by Gasteiger charge is -2.27. The molecule has 0 spiro atoms. The van der Waals surface area contributed by atoms with Crippen LogP contribution in [-0.4, -0.2) is 34.5 Å². The molecule has 148 valence electrons. The molecule has 1 aliphatic rings. The normalized spacial score (nSPS) is 16.9. The first-order valence-corrected chi connectivity index (χ1v) is 9.19. The molecule has 0 heterocycles. The van der Waals surface area contributed by atoms with Crippen molar-refractivity contribution in [3.8, 4) is 11.5 Å². The number of benzene rings is 2. The molecule has 27 heavy (non-hydrogen) atoms. The molecule has 0 bridgehead atoms. The van der Waals surface area contributed by atoms with E-state index in [4.69, 9.17) is 4.74 Å². The Balaban J connectivity index is 0.00000261. The van der Waals surface area contributed by atoms with E-state index < -0.39 is 6.10 Å². The number of fused-ring (bicyclic) bond motifs is 1. The van der Waals surface area contributed by atoms with E-state index in [1.54, 1.807) is 12.1 Å². The Labute approximate surface area is 167 Å². The maximum Gasteiger partial charge on any atom is 0.121 e. The molecule has 0 aliphatic heterocycles. The third kappa shape index (κ3) is 5.39. The summed E-state index contributed by atoms with van der Waals surface area (Å²) >= 11 is 0. The molecule has 0 aromatic heterocycles. The maximum absolute atomic E-state index is 10.4. The van der Waals surface area contributed by atoms with Gasteiger partial charge in [-0.25, -0.2) is 0 Å². The summed E-state index contributed by atoms with van der Waals surface area (Å²) in [6.07, 6.45) is 2.28. The maximum atomic E-state index is 10.4. The molecule has 1 aliphatic carbocycles. The van der Waals surface area contributed by atoms with Gasteiger partial charge >= 0.3 is 0 Å². The van der Waals surface area contributed by atoms with Gasteiger partial charge in [-0.3, -0.25) is 0 Å². The molecule has 2 aromatic rings. The Kier molecular flexibility index (Phi) is 7.98. The topological polar surface area (TPSA) is 82.0 Å². The monoisotopic (exact) mass is 391 g/mol. The van der Waals surface area contributed by atoms with Gasteiger partial charge in [0, 0.05) is 18.2 Å². The van der Waals surface area contributed by atoms with Gasteiger partial charge in [0.1, 0.15) is 11.5 Å². The van der Waals surface area contributed by atoms with Gasteiger partial charge in [-0.05, 0) is 67.1 Å². The van der Waals surface area contributed by atoms with Crippen LogP contribution in [-0.2, 0) is 19.4 Å². The fourth-order valence-electron chi connectivity index (χ4n) is 3.50. The second-order valence-electron chi connectivity index (χ2n) is 6.77. The third-order valence-corrected chi connectivity index (χ3v) is 4.98. The lowest BCUT2D eigenvalue weighted by molar-refractivity contribution is 0.168. The summed E-state index contributed by atoms with van der Waals surface area (Å²) in [5.41, 5.74) is 3.80. The van der Waals surface area contributed by atoms with Gasteiger partial charge < -0.3 is 25.4 Å². The zero-order valence-electron chi connectivity index (χ0n) is 15.6. The minimum Gasteiger partial charge on any atom is -0.508 e.